The first-order valence-electron chi connectivity index (χ1n) is 6.93. The van der Waals surface area contributed by atoms with Crippen molar-refractivity contribution in [3.8, 4) is 0 Å². The molecule has 0 spiro atoms. The third kappa shape index (κ3) is 4.69. The number of hydrogen-bond donors (Lipinski definition) is 2. The minimum absolute atomic E-state index is 0. The predicted molar refractivity (Wildman–Crippen MR) is 86.9 cm³/mol. The number of carbonyl (C=O) groups excluding carboxylic acids is 2. The Kier molecular flexibility index (Phi) is 7.14. The van der Waals surface area contributed by atoms with Crippen molar-refractivity contribution in [2.24, 2.45) is 11.7 Å². The van der Waals surface area contributed by atoms with Crippen LogP contribution in [-0.2, 0) is 4.79 Å². The zero-order chi connectivity index (χ0) is 14.5. The zero-order valence-corrected chi connectivity index (χ0v) is 13.7. The van der Waals surface area contributed by atoms with Gasteiger partial charge in [0.05, 0.1) is 0 Å². The number of halogens is 1. The molecule has 1 atom stereocenters. The summed E-state index contributed by atoms with van der Waals surface area (Å²) >= 11 is 1.51. The van der Waals surface area contributed by atoms with Crippen molar-refractivity contribution in [3.63, 3.8) is 0 Å². The second kappa shape index (κ2) is 8.36. The maximum Gasteiger partial charge on any atom is 0.252 e. The molecule has 2 amide bonds. The molecule has 1 aliphatic rings. The molecule has 0 aliphatic carbocycles. The van der Waals surface area contributed by atoms with Gasteiger partial charge in [0.1, 0.15) is 0 Å². The van der Waals surface area contributed by atoms with Crippen molar-refractivity contribution in [1.29, 1.82) is 0 Å². The molecule has 3 N–H and O–H groups in total. The summed E-state index contributed by atoms with van der Waals surface area (Å²) in [6.45, 7) is 3.62. The number of likely N-dealkylation sites (tertiary alicyclic amines) is 1. The Morgan fingerprint density at radius 1 is 1.48 bits per heavy atom. The molecule has 1 aliphatic heterocycles. The van der Waals surface area contributed by atoms with Crippen molar-refractivity contribution in [1.82, 2.24) is 10.2 Å². The van der Waals surface area contributed by atoms with E-state index in [1.807, 2.05) is 28.7 Å². The molecule has 5 nitrogen and oxygen atoms in total. The summed E-state index contributed by atoms with van der Waals surface area (Å²) in [5, 5.41) is 6.77. The minimum atomic E-state index is -0.119. The van der Waals surface area contributed by atoms with E-state index in [4.69, 9.17) is 5.73 Å². The lowest BCUT2D eigenvalue weighted by Gasteiger charge is -2.33. The highest BCUT2D eigenvalue weighted by Gasteiger charge is 2.26. The molecular weight excluding hydrogens is 310 g/mol. The number of carbonyl (C=O) groups is 2. The van der Waals surface area contributed by atoms with Crippen LogP contribution in [0.5, 0.6) is 0 Å². The third-order valence-corrected chi connectivity index (χ3v) is 4.38. The number of hydrogen-bond acceptors (Lipinski definition) is 4. The molecule has 0 bridgehead atoms. The maximum atomic E-state index is 12.0. The Morgan fingerprint density at radius 2 is 2.14 bits per heavy atom. The molecule has 1 aromatic rings. The number of piperidine rings is 1. The molecule has 1 fully saturated rings. The van der Waals surface area contributed by atoms with Gasteiger partial charge in [0.25, 0.3) is 5.91 Å². The van der Waals surface area contributed by atoms with Gasteiger partial charge in [-0.25, -0.2) is 0 Å². The number of thiophene rings is 1. The molecule has 1 unspecified atom stereocenters. The average molecular weight is 332 g/mol. The lowest BCUT2D eigenvalue weighted by molar-refractivity contribution is -0.135. The van der Waals surface area contributed by atoms with E-state index in [-0.39, 0.29) is 36.2 Å². The Bertz CT molecular complexity index is 459. The second-order valence-electron chi connectivity index (χ2n) is 5.22. The number of nitrogens with zero attached hydrogens (tertiary/aromatic N) is 1. The summed E-state index contributed by atoms with van der Waals surface area (Å²) in [6.07, 6.45) is 1.61. The zero-order valence-electron chi connectivity index (χ0n) is 12.1. The molecule has 0 radical (unpaired) electrons. The van der Waals surface area contributed by atoms with Gasteiger partial charge < -0.3 is 16.0 Å². The third-order valence-electron chi connectivity index (χ3n) is 3.70. The number of nitrogens with two attached hydrogens (primary N) is 1. The van der Waals surface area contributed by atoms with E-state index in [2.05, 4.69) is 5.32 Å². The van der Waals surface area contributed by atoms with E-state index in [1.165, 1.54) is 11.3 Å². The van der Waals surface area contributed by atoms with E-state index in [9.17, 15) is 9.59 Å². The minimum Gasteiger partial charge on any atom is -0.349 e. The average Bonchev–Trinajstić information content (AvgIpc) is 3.01. The summed E-state index contributed by atoms with van der Waals surface area (Å²) in [4.78, 5) is 25.8. The van der Waals surface area contributed by atoms with Gasteiger partial charge in [-0.2, -0.15) is 11.3 Å². The second-order valence-corrected chi connectivity index (χ2v) is 6.00. The van der Waals surface area contributed by atoms with Crippen LogP contribution in [-0.4, -0.2) is 42.4 Å². The van der Waals surface area contributed by atoms with Gasteiger partial charge in [-0.05, 0) is 24.3 Å². The van der Waals surface area contributed by atoms with Crippen LogP contribution in [0.3, 0.4) is 0 Å². The lowest BCUT2D eigenvalue weighted by atomic mass is 10.0. The van der Waals surface area contributed by atoms with E-state index in [0.29, 0.717) is 25.2 Å². The monoisotopic (exact) mass is 331 g/mol. The van der Waals surface area contributed by atoms with E-state index >= 15 is 0 Å². The van der Waals surface area contributed by atoms with Crippen LogP contribution in [0.4, 0.5) is 0 Å². The summed E-state index contributed by atoms with van der Waals surface area (Å²) in [5.74, 6) is -0.0200. The molecule has 1 aromatic heterocycles. The highest BCUT2D eigenvalue weighted by atomic mass is 35.5. The fourth-order valence-electron chi connectivity index (χ4n) is 2.32. The molecule has 0 saturated carbocycles. The Morgan fingerprint density at radius 3 is 2.67 bits per heavy atom. The SMILES string of the molecule is CC(CN)C(=O)N1CCC(NC(=O)c2ccsc2)CC1.Cl. The molecular formula is C14H22ClN3O2S. The number of rotatable bonds is 4. The van der Waals surface area contributed by atoms with Crippen LogP contribution in [0.2, 0.25) is 0 Å². The molecule has 7 heteroatoms. The van der Waals surface area contributed by atoms with Crippen molar-refractivity contribution >= 4 is 35.6 Å². The van der Waals surface area contributed by atoms with Gasteiger partial charge in [0, 0.05) is 42.5 Å². The Labute approximate surface area is 135 Å². The first-order valence-corrected chi connectivity index (χ1v) is 7.88. The normalized spacial score (nSPS) is 17.0. The highest BCUT2D eigenvalue weighted by molar-refractivity contribution is 7.08. The fraction of sp³-hybridized carbons (Fsp3) is 0.571. The lowest BCUT2D eigenvalue weighted by Crippen LogP contribution is -2.48. The van der Waals surface area contributed by atoms with Crippen LogP contribution in [0.25, 0.3) is 0 Å². The van der Waals surface area contributed by atoms with Crippen molar-refractivity contribution in [2.45, 2.75) is 25.8 Å². The number of amides is 2. The van der Waals surface area contributed by atoms with Crippen molar-refractivity contribution in [2.75, 3.05) is 19.6 Å². The van der Waals surface area contributed by atoms with Gasteiger partial charge in [0.2, 0.25) is 5.91 Å². The smallest absolute Gasteiger partial charge is 0.252 e. The van der Waals surface area contributed by atoms with Gasteiger partial charge in [-0.1, -0.05) is 6.92 Å². The van der Waals surface area contributed by atoms with Crippen LogP contribution in [0.1, 0.15) is 30.1 Å². The standard InChI is InChI=1S/C14H21N3O2S.ClH/c1-10(8-15)14(19)17-5-2-12(3-6-17)16-13(18)11-4-7-20-9-11;/h4,7,9-10,12H,2-3,5-6,8,15H2,1H3,(H,16,18);1H. The van der Waals surface area contributed by atoms with Crippen molar-refractivity contribution < 1.29 is 9.59 Å². The largest absolute Gasteiger partial charge is 0.349 e. The van der Waals surface area contributed by atoms with Crippen LogP contribution in [0.15, 0.2) is 16.8 Å². The quantitative estimate of drug-likeness (QED) is 0.877. The summed E-state index contributed by atoms with van der Waals surface area (Å²) in [5.41, 5.74) is 6.24. The van der Waals surface area contributed by atoms with Crippen LogP contribution < -0.4 is 11.1 Å². The van der Waals surface area contributed by atoms with Gasteiger partial charge >= 0.3 is 0 Å². The number of nitrogens with one attached hydrogen (secondary N) is 1. The van der Waals surface area contributed by atoms with E-state index < -0.39 is 0 Å². The summed E-state index contributed by atoms with van der Waals surface area (Å²) in [7, 11) is 0. The molecule has 2 rings (SSSR count). The van der Waals surface area contributed by atoms with Gasteiger partial charge in [-0.3, -0.25) is 9.59 Å². The van der Waals surface area contributed by atoms with E-state index in [1.54, 1.807) is 0 Å². The maximum absolute atomic E-state index is 12.0. The molecule has 118 valence electrons. The molecule has 21 heavy (non-hydrogen) atoms. The molecule has 0 aromatic carbocycles. The summed E-state index contributed by atoms with van der Waals surface area (Å²) in [6, 6.07) is 1.97. The van der Waals surface area contributed by atoms with Crippen LogP contribution >= 0.6 is 23.7 Å². The van der Waals surface area contributed by atoms with Crippen LogP contribution in [0, 0.1) is 5.92 Å². The van der Waals surface area contributed by atoms with Gasteiger partial charge in [-0.15, -0.1) is 12.4 Å². The van der Waals surface area contributed by atoms with E-state index in [0.717, 1.165) is 12.8 Å². The highest BCUT2D eigenvalue weighted by Crippen LogP contribution is 2.14. The molecule has 2 heterocycles. The summed E-state index contributed by atoms with van der Waals surface area (Å²) < 4.78 is 0. The first kappa shape index (κ1) is 17.9. The Balaban J connectivity index is 0.00000220. The Hall–Kier alpha value is -1.11. The van der Waals surface area contributed by atoms with Gasteiger partial charge in [0.15, 0.2) is 0 Å². The molecule has 1 saturated heterocycles. The predicted octanol–water partition coefficient (Wildman–Crippen LogP) is 1.49. The first-order chi connectivity index (χ1) is 9.61. The fourth-order valence-corrected chi connectivity index (χ4v) is 2.96. The van der Waals surface area contributed by atoms with Crippen molar-refractivity contribution in [3.05, 3.63) is 22.4 Å². The topological polar surface area (TPSA) is 75.4 Å².